The van der Waals surface area contributed by atoms with Gasteiger partial charge >= 0.3 is 0 Å². The highest BCUT2D eigenvalue weighted by atomic mass is 127. The number of carbonyl (C=O) groups excluding carboxylic acids is 1. The fourth-order valence-electron chi connectivity index (χ4n) is 2.86. The van der Waals surface area contributed by atoms with E-state index in [1.54, 1.807) is 6.07 Å². The summed E-state index contributed by atoms with van der Waals surface area (Å²) >= 11 is 7.54. The third-order valence-electron chi connectivity index (χ3n) is 4.31. The highest BCUT2D eigenvalue weighted by Crippen LogP contribution is 2.26. The van der Waals surface area contributed by atoms with E-state index in [0.29, 0.717) is 10.7 Å². The number of rotatable bonds is 3. The Morgan fingerprint density at radius 2 is 1.81 bits per heavy atom. The first kappa shape index (κ1) is 19.1. The molecule has 1 aliphatic rings. The zero-order chi connectivity index (χ0) is 18.5. The van der Waals surface area contributed by atoms with Crippen molar-refractivity contribution in [3.63, 3.8) is 0 Å². The molecule has 0 saturated carbocycles. The van der Waals surface area contributed by atoms with E-state index in [1.165, 1.54) is 0 Å². The monoisotopic (exact) mass is 480 g/mol. The molecule has 0 atom stereocenters. The Hall–Kier alpha value is -1.71. The molecule has 3 rings (SSSR count). The molecule has 0 aromatic heterocycles. The third-order valence-corrected chi connectivity index (χ3v) is 5.19. The molecular weight excluding hydrogens is 459 g/mol. The van der Waals surface area contributed by atoms with Crippen molar-refractivity contribution in [1.82, 2.24) is 10.2 Å². The lowest BCUT2D eigenvalue weighted by Crippen LogP contribution is -2.45. The van der Waals surface area contributed by atoms with Gasteiger partial charge in [-0.15, -0.1) is 0 Å². The van der Waals surface area contributed by atoms with Crippen molar-refractivity contribution in [2.45, 2.75) is 0 Å². The molecule has 0 aliphatic carbocycles. The minimum Gasteiger partial charge on any atom is -0.367 e. The van der Waals surface area contributed by atoms with Crippen LogP contribution in [0.5, 0.6) is 0 Å². The van der Waals surface area contributed by atoms with Gasteiger partial charge in [0.15, 0.2) is 5.11 Å². The zero-order valence-corrected chi connectivity index (χ0v) is 17.5. The van der Waals surface area contributed by atoms with E-state index >= 15 is 0 Å². The number of anilines is 2. The number of para-hydroxylation sites is 2. The van der Waals surface area contributed by atoms with E-state index < -0.39 is 0 Å². The lowest BCUT2D eigenvalue weighted by molar-refractivity contribution is 0.0977. The molecule has 1 amide bonds. The first-order chi connectivity index (χ1) is 12.5. The van der Waals surface area contributed by atoms with Crippen LogP contribution in [0.1, 0.15) is 10.4 Å². The zero-order valence-electron chi connectivity index (χ0n) is 14.5. The molecule has 1 heterocycles. The van der Waals surface area contributed by atoms with Gasteiger partial charge in [-0.05, 0) is 72.2 Å². The van der Waals surface area contributed by atoms with Gasteiger partial charge < -0.3 is 15.1 Å². The van der Waals surface area contributed by atoms with Gasteiger partial charge in [-0.2, -0.15) is 0 Å². The number of benzene rings is 2. The predicted octanol–water partition coefficient (Wildman–Crippen LogP) is 3.17. The van der Waals surface area contributed by atoms with Crippen LogP contribution in [0, 0.1) is 3.57 Å². The average molecular weight is 480 g/mol. The summed E-state index contributed by atoms with van der Waals surface area (Å²) in [6.45, 7) is 4.00. The summed E-state index contributed by atoms with van der Waals surface area (Å²) in [5.74, 6) is -0.210. The Morgan fingerprint density at radius 1 is 1.08 bits per heavy atom. The van der Waals surface area contributed by atoms with Gasteiger partial charge in [-0.3, -0.25) is 10.1 Å². The van der Waals surface area contributed by atoms with Crippen LogP contribution in [0.2, 0.25) is 0 Å². The van der Waals surface area contributed by atoms with Crippen LogP contribution in [-0.2, 0) is 0 Å². The van der Waals surface area contributed by atoms with Crippen LogP contribution in [-0.4, -0.2) is 49.1 Å². The Balaban J connectivity index is 1.67. The topological polar surface area (TPSA) is 47.6 Å². The lowest BCUT2D eigenvalue weighted by atomic mass is 10.2. The number of thiocarbonyl (C=S) groups is 1. The molecule has 0 unspecified atom stereocenters. The Morgan fingerprint density at radius 3 is 2.54 bits per heavy atom. The van der Waals surface area contributed by atoms with Crippen molar-refractivity contribution in [2.75, 3.05) is 43.4 Å². The van der Waals surface area contributed by atoms with Crippen molar-refractivity contribution in [3.05, 3.63) is 57.7 Å². The number of hydrogen-bond donors (Lipinski definition) is 2. The molecule has 26 heavy (non-hydrogen) atoms. The first-order valence-electron chi connectivity index (χ1n) is 8.43. The SMILES string of the molecule is CN1CCN(c2ccccc2NC(=S)NC(=O)c2cccc(I)c2)CC1. The Bertz CT molecular complexity index is 806. The van der Waals surface area contributed by atoms with E-state index in [9.17, 15) is 4.79 Å². The smallest absolute Gasteiger partial charge is 0.257 e. The van der Waals surface area contributed by atoms with Crippen LogP contribution >= 0.6 is 34.8 Å². The first-order valence-corrected chi connectivity index (χ1v) is 9.92. The van der Waals surface area contributed by atoms with Crippen LogP contribution in [0.15, 0.2) is 48.5 Å². The molecule has 2 N–H and O–H groups in total. The minimum atomic E-state index is -0.210. The van der Waals surface area contributed by atoms with E-state index in [-0.39, 0.29) is 5.91 Å². The molecule has 5 nitrogen and oxygen atoms in total. The summed E-state index contributed by atoms with van der Waals surface area (Å²) in [6, 6.07) is 15.5. The minimum absolute atomic E-state index is 0.210. The van der Waals surface area contributed by atoms with Crippen LogP contribution in [0.25, 0.3) is 0 Å². The molecule has 1 fully saturated rings. The second kappa shape index (κ2) is 8.79. The number of nitrogens with zero attached hydrogens (tertiary/aromatic N) is 2. The van der Waals surface area contributed by atoms with Crippen LogP contribution < -0.4 is 15.5 Å². The van der Waals surface area contributed by atoms with Gasteiger partial charge in [0.25, 0.3) is 5.91 Å². The number of nitrogens with one attached hydrogen (secondary N) is 2. The standard InChI is InChI=1S/C19H21IN4OS/c1-23-9-11-24(12-10-23)17-8-3-2-7-16(17)21-19(26)22-18(25)14-5-4-6-15(20)13-14/h2-8,13H,9-12H2,1H3,(H2,21,22,25,26). The maximum absolute atomic E-state index is 12.4. The van der Waals surface area contributed by atoms with Crippen molar-refractivity contribution < 1.29 is 4.79 Å². The lowest BCUT2D eigenvalue weighted by Gasteiger charge is -2.35. The Kier molecular flexibility index (Phi) is 6.44. The molecule has 2 aromatic rings. The van der Waals surface area contributed by atoms with Crippen molar-refractivity contribution >= 4 is 57.2 Å². The molecular formula is C19H21IN4OS. The fraction of sp³-hybridized carbons (Fsp3) is 0.263. The number of carbonyl (C=O) groups is 1. The van der Waals surface area contributed by atoms with Crippen molar-refractivity contribution in [2.24, 2.45) is 0 Å². The van der Waals surface area contributed by atoms with E-state index in [1.807, 2.05) is 36.4 Å². The number of piperazine rings is 1. The van der Waals surface area contributed by atoms with Crippen LogP contribution in [0.3, 0.4) is 0 Å². The molecule has 0 bridgehead atoms. The highest BCUT2D eigenvalue weighted by Gasteiger charge is 2.17. The molecule has 1 saturated heterocycles. The highest BCUT2D eigenvalue weighted by molar-refractivity contribution is 14.1. The summed E-state index contributed by atoms with van der Waals surface area (Å²) in [7, 11) is 2.14. The third kappa shape index (κ3) is 4.93. The van der Waals surface area contributed by atoms with Gasteiger partial charge in [0, 0.05) is 35.3 Å². The maximum atomic E-state index is 12.4. The molecule has 7 heteroatoms. The number of amides is 1. The molecule has 0 spiro atoms. The summed E-state index contributed by atoms with van der Waals surface area (Å²) in [6.07, 6.45) is 0. The van der Waals surface area contributed by atoms with Gasteiger partial charge in [0.1, 0.15) is 0 Å². The van der Waals surface area contributed by atoms with Crippen LogP contribution in [0.4, 0.5) is 11.4 Å². The second-order valence-corrected chi connectivity index (χ2v) is 7.88. The molecule has 0 radical (unpaired) electrons. The fourth-order valence-corrected chi connectivity index (χ4v) is 3.61. The number of likely N-dealkylation sites (N-methyl/N-ethyl adjacent to an activating group) is 1. The summed E-state index contributed by atoms with van der Waals surface area (Å²) < 4.78 is 1.01. The second-order valence-electron chi connectivity index (χ2n) is 6.23. The molecule has 2 aromatic carbocycles. The average Bonchev–Trinajstić information content (AvgIpc) is 2.63. The van der Waals surface area contributed by atoms with E-state index in [2.05, 4.69) is 56.1 Å². The van der Waals surface area contributed by atoms with Gasteiger partial charge in [-0.1, -0.05) is 18.2 Å². The maximum Gasteiger partial charge on any atom is 0.257 e. The summed E-state index contributed by atoms with van der Waals surface area (Å²) in [5, 5.41) is 6.24. The normalized spacial score (nSPS) is 14.8. The van der Waals surface area contributed by atoms with Crippen molar-refractivity contribution in [1.29, 1.82) is 0 Å². The largest absolute Gasteiger partial charge is 0.367 e. The van der Waals surface area contributed by atoms with E-state index in [4.69, 9.17) is 12.2 Å². The summed E-state index contributed by atoms with van der Waals surface area (Å²) in [5.41, 5.74) is 2.60. The summed E-state index contributed by atoms with van der Waals surface area (Å²) in [4.78, 5) is 17.0. The quantitative estimate of drug-likeness (QED) is 0.522. The number of hydrogen-bond acceptors (Lipinski definition) is 4. The predicted molar refractivity (Wildman–Crippen MR) is 119 cm³/mol. The Labute approximate surface area is 172 Å². The molecule has 1 aliphatic heterocycles. The van der Waals surface area contributed by atoms with Gasteiger partial charge in [-0.25, -0.2) is 0 Å². The van der Waals surface area contributed by atoms with Gasteiger partial charge in [0.2, 0.25) is 0 Å². The molecule has 136 valence electrons. The van der Waals surface area contributed by atoms with Gasteiger partial charge in [0.05, 0.1) is 11.4 Å². The van der Waals surface area contributed by atoms with Crippen molar-refractivity contribution in [3.8, 4) is 0 Å². The number of halogens is 1. The van der Waals surface area contributed by atoms with E-state index in [0.717, 1.165) is 41.1 Å².